The Morgan fingerprint density at radius 1 is 1.21 bits per heavy atom. The molecule has 0 aliphatic carbocycles. The highest BCUT2D eigenvalue weighted by Gasteiger charge is 2.07. The van der Waals surface area contributed by atoms with Crippen molar-refractivity contribution in [2.45, 2.75) is 11.4 Å². The third-order valence-corrected chi connectivity index (χ3v) is 4.50. The van der Waals surface area contributed by atoms with Gasteiger partial charge in [0.2, 0.25) is 0 Å². The average Bonchev–Trinajstić information content (AvgIpc) is 2.82. The quantitative estimate of drug-likeness (QED) is 0.808. The first-order valence-electron chi connectivity index (χ1n) is 6.01. The van der Waals surface area contributed by atoms with Crippen LogP contribution in [0.3, 0.4) is 0 Å². The third-order valence-electron chi connectivity index (χ3n) is 2.72. The zero-order chi connectivity index (χ0) is 13.7. The van der Waals surface area contributed by atoms with E-state index in [9.17, 15) is 4.21 Å². The van der Waals surface area contributed by atoms with Crippen molar-refractivity contribution in [1.82, 2.24) is 4.90 Å². The van der Waals surface area contributed by atoms with Gasteiger partial charge in [0.1, 0.15) is 5.76 Å². The first kappa shape index (κ1) is 14.5. The molecule has 1 atom stereocenters. The summed E-state index contributed by atoms with van der Waals surface area (Å²) in [6, 6.07) is 13.4. The van der Waals surface area contributed by atoms with E-state index in [1.165, 1.54) is 0 Å². The van der Waals surface area contributed by atoms with Crippen molar-refractivity contribution < 1.29 is 8.63 Å². The number of hydrogen-bond acceptors (Lipinski definition) is 3. The highest BCUT2D eigenvalue weighted by Crippen LogP contribution is 2.15. The maximum Gasteiger partial charge on any atom is 0.169 e. The van der Waals surface area contributed by atoms with Gasteiger partial charge in [-0.1, -0.05) is 18.2 Å². The molecule has 1 heterocycles. The van der Waals surface area contributed by atoms with Crippen LogP contribution in [-0.4, -0.2) is 28.5 Å². The highest BCUT2D eigenvalue weighted by atomic mass is 79.9. The maximum absolute atomic E-state index is 12.1. The molecule has 0 aliphatic rings. The predicted octanol–water partition coefficient (Wildman–Crippen LogP) is 3.28. The van der Waals surface area contributed by atoms with Gasteiger partial charge in [-0.05, 0) is 47.2 Å². The number of rotatable bonds is 6. The second-order valence-corrected chi connectivity index (χ2v) is 6.66. The van der Waals surface area contributed by atoms with Gasteiger partial charge in [-0.2, -0.15) is 0 Å². The van der Waals surface area contributed by atoms with Crippen molar-refractivity contribution in [1.29, 1.82) is 0 Å². The summed E-state index contributed by atoms with van der Waals surface area (Å²) in [5.41, 5.74) is 0. The fraction of sp³-hybridized carbons (Fsp3) is 0.286. The fourth-order valence-corrected chi connectivity index (χ4v) is 3.22. The minimum Gasteiger partial charge on any atom is -0.453 e. The van der Waals surface area contributed by atoms with Gasteiger partial charge < -0.3 is 4.42 Å². The molecule has 5 heteroatoms. The normalized spacial score (nSPS) is 12.8. The van der Waals surface area contributed by atoms with Gasteiger partial charge >= 0.3 is 0 Å². The smallest absolute Gasteiger partial charge is 0.169 e. The van der Waals surface area contributed by atoms with E-state index in [1.54, 1.807) is 0 Å². The molecule has 102 valence electrons. The Kier molecular flexibility index (Phi) is 5.36. The number of furan rings is 1. The predicted molar refractivity (Wildman–Crippen MR) is 80.5 cm³/mol. The minimum atomic E-state index is -0.938. The summed E-state index contributed by atoms with van der Waals surface area (Å²) < 4.78 is 18.2. The lowest BCUT2D eigenvalue weighted by Gasteiger charge is -2.14. The summed E-state index contributed by atoms with van der Waals surface area (Å²) >= 11 is 3.28. The van der Waals surface area contributed by atoms with E-state index < -0.39 is 10.8 Å². The molecule has 0 radical (unpaired) electrons. The Balaban J connectivity index is 1.80. The van der Waals surface area contributed by atoms with Gasteiger partial charge in [-0.15, -0.1) is 0 Å². The van der Waals surface area contributed by atoms with Crippen LogP contribution < -0.4 is 0 Å². The second-order valence-electron chi connectivity index (χ2n) is 4.31. The third kappa shape index (κ3) is 4.60. The molecule has 0 N–H and O–H groups in total. The van der Waals surface area contributed by atoms with E-state index in [1.807, 2.05) is 49.5 Å². The first-order valence-corrected chi connectivity index (χ1v) is 8.12. The lowest BCUT2D eigenvalue weighted by molar-refractivity contribution is 0.307. The molecule has 1 aromatic heterocycles. The molecule has 2 rings (SSSR count). The number of halogens is 1. The molecule has 0 saturated carbocycles. The SMILES string of the molecule is CN(CCS(=O)c1ccccc1)Cc1ccc(Br)o1. The molecule has 3 nitrogen and oxygen atoms in total. The molecule has 0 aliphatic heterocycles. The Bertz CT molecular complexity index is 541. The molecule has 1 aromatic carbocycles. The van der Waals surface area contributed by atoms with E-state index >= 15 is 0 Å². The van der Waals surface area contributed by atoms with Crippen molar-refractivity contribution in [2.75, 3.05) is 19.3 Å². The van der Waals surface area contributed by atoms with Crippen LogP contribution in [0.25, 0.3) is 0 Å². The summed E-state index contributed by atoms with van der Waals surface area (Å²) in [6.07, 6.45) is 0. The number of benzene rings is 1. The summed E-state index contributed by atoms with van der Waals surface area (Å²) in [5.74, 6) is 1.53. The van der Waals surface area contributed by atoms with Crippen LogP contribution in [0.5, 0.6) is 0 Å². The number of nitrogens with zero attached hydrogens (tertiary/aromatic N) is 1. The molecule has 0 spiro atoms. The second kappa shape index (κ2) is 7.03. The maximum atomic E-state index is 12.1. The van der Waals surface area contributed by atoms with Crippen molar-refractivity contribution >= 4 is 26.7 Å². The summed E-state index contributed by atoms with van der Waals surface area (Å²) in [7, 11) is 1.06. The molecule has 0 fully saturated rings. The standard InChI is InChI=1S/C14H16BrNO2S/c1-16(11-12-7-8-14(15)18-12)9-10-19(17)13-5-3-2-4-6-13/h2-8H,9-11H2,1H3. The molecule has 0 bridgehead atoms. The van der Waals surface area contributed by atoms with Crippen molar-refractivity contribution in [3.05, 3.63) is 52.9 Å². The van der Waals surface area contributed by atoms with Crippen molar-refractivity contribution in [3.8, 4) is 0 Å². The molecule has 0 amide bonds. The van der Waals surface area contributed by atoms with Crippen LogP contribution in [0.4, 0.5) is 0 Å². The van der Waals surface area contributed by atoms with Crippen LogP contribution in [0.15, 0.2) is 56.4 Å². The lowest BCUT2D eigenvalue weighted by Crippen LogP contribution is -2.23. The molecular formula is C14H16BrNO2S. The molecule has 2 aromatic rings. The molecule has 0 saturated heterocycles. The van der Waals surface area contributed by atoms with E-state index in [2.05, 4.69) is 20.8 Å². The molecule has 19 heavy (non-hydrogen) atoms. The van der Waals surface area contributed by atoms with E-state index in [0.29, 0.717) is 5.75 Å². The van der Waals surface area contributed by atoms with Crippen LogP contribution in [-0.2, 0) is 17.3 Å². The van der Waals surface area contributed by atoms with E-state index in [0.717, 1.165) is 28.4 Å². The van der Waals surface area contributed by atoms with Gasteiger partial charge in [0, 0.05) is 17.2 Å². The Morgan fingerprint density at radius 3 is 2.58 bits per heavy atom. The minimum absolute atomic E-state index is 0.627. The Labute approximate surface area is 124 Å². The fourth-order valence-electron chi connectivity index (χ4n) is 1.71. The topological polar surface area (TPSA) is 33.5 Å². The summed E-state index contributed by atoms with van der Waals surface area (Å²) in [4.78, 5) is 2.99. The lowest BCUT2D eigenvalue weighted by atomic mass is 10.4. The zero-order valence-corrected chi connectivity index (χ0v) is 13.1. The average molecular weight is 342 g/mol. The summed E-state index contributed by atoms with van der Waals surface area (Å²) in [6.45, 7) is 1.48. The van der Waals surface area contributed by atoms with Gasteiger partial charge in [-0.25, -0.2) is 0 Å². The molecular weight excluding hydrogens is 326 g/mol. The number of hydrogen-bond donors (Lipinski definition) is 0. The Hall–Kier alpha value is -0.910. The van der Waals surface area contributed by atoms with Crippen LogP contribution in [0, 0.1) is 0 Å². The van der Waals surface area contributed by atoms with Gasteiger partial charge in [0.25, 0.3) is 0 Å². The first-order chi connectivity index (χ1) is 9.15. The van der Waals surface area contributed by atoms with Crippen LogP contribution >= 0.6 is 15.9 Å². The summed E-state index contributed by atoms with van der Waals surface area (Å²) in [5, 5.41) is 0. The van der Waals surface area contributed by atoms with Crippen LogP contribution in [0.2, 0.25) is 0 Å². The van der Waals surface area contributed by atoms with E-state index in [-0.39, 0.29) is 0 Å². The van der Waals surface area contributed by atoms with Gasteiger partial charge in [0.05, 0.1) is 17.3 Å². The van der Waals surface area contributed by atoms with Crippen molar-refractivity contribution in [2.24, 2.45) is 0 Å². The largest absolute Gasteiger partial charge is 0.453 e. The van der Waals surface area contributed by atoms with E-state index in [4.69, 9.17) is 4.42 Å². The van der Waals surface area contributed by atoms with Gasteiger partial charge in [0.15, 0.2) is 4.67 Å². The van der Waals surface area contributed by atoms with Gasteiger partial charge in [-0.3, -0.25) is 9.11 Å². The Morgan fingerprint density at radius 2 is 1.95 bits per heavy atom. The zero-order valence-electron chi connectivity index (χ0n) is 10.7. The highest BCUT2D eigenvalue weighted by molar-refractivity contribution is 9.10. The monoisotopic (exact) mass is 341 g/mol. The van der Waals surface area contributed by atoms with Crippen LogP contribution in [0.1, 0.15) is 5.76 Å². The molecule has 1 unspecified atom stereocenters. The van der Waals surface area contributed by atoms with Crippen molar-refractivity contribution in [3.63, 3.8) is 0 Å².